The van der Waals surface area contributed by atoms with Crippen molar-refractivity contribution in [1.29, 1.82) is 0 Å². The van der Waals surface area contributed by atoms with E-state index in [1.54, 1.807) is 17.8 Å². The maximum atomic E-state index is 12.1. The molecule has 0 amide bonds. The highest BCUT2D eigenvalue weighted by atomic mass is 32.2. The number of thioether (sulfide) groups is 1. The molecule has 0 spiro atoms. The number of aromatic nitrogens is 2. The fourth-order valence-corrected chi connectivity index (χ4v) is 4.19. The maximum absolute atomic E-state index is 12.1. The summed E-state index contributed by atoms with van der Waals surface area (Å²) in [5.74, 6) is 0.787. The molecule has 0 N–H and O–H groups in total. The maximum Gasteiger partial charge on any atom is 0.379 e. The first-order chi connectivity index (χ1) is 12.2. The van der Waals surface area contributed by atoms with E-state index in [9.17, 15) is 13.2 Å². The van der Waals surface area contributed by atoms with Crippen LogP contribution >= 0.6 is 11.8 Å². The number of esters is 1. The van der Waals surface area contributed by atoms with Gasteiger partial charge >= 0.3 is 16.2 Å². The molecule has 1 aromatic rings. The zero-order valence-corrected chi connectivity index (χ0v) is 18.1. The van der Waals surface area contributed by atoms with Gasteiger partial charge in [-0.05, 0) is 12.3 Å². The molecule has 0 saturated heterocycles. The van der Waals surface area contributed by atoms with Gasteiger partial charge in [0.2, 0.25) is 5.03 Å². The number of imidazole rings is 1. The van der Waals surface area contributed by atoms with Crippen LogP contribution in [0.15, 0.2) is 17.6 Å². The second-order valence-electron chi connectivity index (χ2n) is 6.51. The van der Waals surface area contributed by atoms with Crippen molar-refractivity contribution in [3.05, 3.63) is 12.5 Å². The van der Waals surface area contributed by atoms with Crippen molar-refractivity contribution >= 4 is 27.9 Å². The van der Waals surface area contributed by atoms with Crippen molar-refractivity contribution in [1.82, 2.24) is 8.87 Å². The van der Waals surface area contributed by atoms with Crippen LogP contribution in [0.1, 0.15) is 46.0 Å². The smallest absolute Gasteiger partial charge is 0.379 e. The van der Waals surface area contributed by atoms with Gasteiger partial charge in [0.1, 0.15) is 0 Å². The monoisotopic (exact) mass is 406 g/mol. The van der Waals surface area contributed by atoms with Gasteiger partial charge in [-0.3, -0.25) is 4.79 Å². The number of carbonyl (C=O) groups excluding carboxylic acids is 1. The molecule has 26 heavy (non-hydrogen) atoms. The SMILES string of the molecule is CCCCC(CC)COC(=O)CCSc1c[n+](S(=O)(=O)N(C)C)cn1C. The Hall–Kier alpha value is -1.06. The fourth-order valence-electron chi connectivity index (χ4n) is 2.33. The van der Waals surface area contributed by atoms with Gasteiger partial charge in [0.25, 0.3) is 6.33 Å². The fraction of sp³-hybridized carbons (Fsp3) is 0.765. The first-order valence-electron chi connectivity index (χ1n) is 9.01. The molecule has 1 atom stereocenters. The Balaban J connectivity index is 2.46. The number of carbonyl (C=O) groups is 1. The summed E-state index contributed by atoms with van der Waals surface area (Å²) >= 11 is 1.44. The van der Waals surface area contributed by atoms with E-state index in [1.807, 2.05) is 0 Å². The molecule has 0 saturated carbocycles. The molecule has 9 heteroatoms. The Morgan fingerprint density at radius 2 is 2.08 bits per heavy atom. The van der Waals surface area contributed by atoms with Crippen LogP contribution in [0.25, 0.3) is 0 Å². The van der Waals surface area contributed by atoms with Crippen molar-refractivity contribution in [2.45, 2.75) is 51.0 Å². The standard InChI is InChI=1S/C17H32N3O4S2/c1-6-8-9-15(7-2)13-24-17(21)10-11-25-16-12-20(14-19(16)5)26(22,23)18(3)4/h12,14-15H,6-11,13H2,1-5H3/q+1. The molecule has 0 aromatic carbocycles. The average molecular weight is 407 g/mol. The van der Waals surface area contributed by atoms with Crippen LogP contribution in [0.2, 0.25) is 0 Å². The van der Waals surface area contributed by atoms with E-state index in [2.05, 4.69) is 13.8 Å². The average Bonchev–Trinajstić information content (AvgIpc) is 2.96. The van der Waals surface area contributed by atoms with E-state index in [0.29, 0.717) is 24.7 Å². The number of ether oxygens (including phenoxy) is 1. The predicted molar refractivity (Wildman–Crippen MR) is 103 cm³/mol. The Kier molecular flexibility index (Phi) is 9.67. The molecule has 0 fully saturated rings. The van der Waals surface area contributed by atoms with Gasteiger partial charge in [0.05, 0.1) is 20.1 Å². The van der Waals surface area contributed by atoms with E-state index >= 15 is 0 Å². The summed E-state index contributed by atoms with van der Waals surface area (Å²) in [6.45, 7) is 4.77. The van der Waals surface area contributed by atoms with Gasteiger partial charge in [-0.1, -0.05) is 44.9 Å². The van der Waals surface area contributed by atoms with Crippen LogP contribution in [0.3, 0.4) is 0 Å². The molecule has 1 unspecified atom stereocenters. The molecule has 0 aliphatic carbocycles. The van der Waals surface area contributed by atoms with E-state index in [-0.39, 0.29) is 5.97 Å². The zero-order chi connectivity index (χ0) is 19.7. The van der Waals surface area contributed by atoms with Crippen LogP contribution < -0.4 is 3.97 Å². The summed E-state index contributed by atoms with van der Waals surface area (Å²) < 4.78 is 33.7. The minimum atomic E-state index is -3.52. The van der Waals surface area contributed by atoms with Crippen LogP contribution in [-0.2, 0) is 26.8 Å². The first kappa shape index (κ1) is 23.0. The van der Waals surface area contributed by atoms with Crippen LogP contribution in [0.4, 0.5) is 0 Å². The van der Waals surface area contributed by atoms with Gasteiger partial charge in [-0.25, -0.2) is 4.57 Å². The van der Waals surface area contributed by atoms with Gasteiger partial charge in [-0.2, -0.15) is 12.7 Å². The first-order valence-corrected chi connectivity index (χ1v) is 11.4. The Bertz CT molecular complexity index is 672. The minimum Gasteiger partial charge on any atom is -0.465 e. The van der Waals surface area contributed by atoms with E-state index < -0.39 is 10.2 Å². The number of rotatable bonds is 12. The van der Waals surface area contributed by atoms with E-state index in [4.69, 9.17) is 4.74 Å². The minimum absolute atomic E-state index is 0.199. The van der Waals surface area contributed by atoms with E-state index in [0.717, 1.165) is 35.0 Å². The van der Waals surface area contributed by atoms with Crippen molar-refractivity contribution in [3.8, 4) is 0 Å². The molecular formula is C17H32N3O4S2+. The number of unbranched alkanes of at least 4 members (excludes halogenated alkanes) is 1. The Morgan fingerprint density at radius 3 is 2.65 bits per heavy atom. The van der Waals surface area contributed by atoms with Gasteiger partial charge in [0, 0.05) is 19.8 Å². The number of hydrogen-bond acceptors (Lipinski definition) is 5. The third-order valence-corrected chi connectivity index (χ3v) is 6.93. The lowest BCUT2D eigenvalue weighted by Gasteiger charge is -2.14. The third-order valence-electron chi connectivity index (χ3n) is 4.18. The van der Waals surface area contributed by atoms with Gasteiger partial charge in [-0.15, -0.1) is 3.97 Å². The molecule has 0 radical (unpaired) electrons. The molecule has 1 aromatic heterocycles. The van der Waals surface area contributed by atoms with Crippen LogP contribution in [0.5, 0.6) is 0 Å². The largest absolute Gasteiger partial charge is 0.465 e. The summed E-state index contributed by atoms with van der Waals surface area (Å²) in [6.07, 6.45) is 7.81. The molecule has 0 aliphatic rings. The Morgan fingerprint density at radius 1 is 1.38 bits per heavy atom. The lowest BCUT2D eigenvalue weighted by molar-refractivity contribution is -0.515. The lowest BCUT2D eigenvalue weighted by atomic mass is 10.0. The highest BCUT2D eigenvalue weighted by molar-refractivity contribution is 7.99. The highest BCUT2D eigenvalue weighted by Gasteiger charge is 2.25. The summed E-state index contributed by atoms with van der Waals surface area (Å²) in [6, 6.07) is 0. The normalized spacial score (nSPS) is 13.2. The molecule has 1 heterocycles. The Labute approximate surface area is 161 Å². The van der Waals surface area contributed by atoms with Crippen molar-refractivity contribution in [3.63, 3.8) is 0 Å². The second-order valence-corrected chi connectivity index (χ2v) is 9.67. The summed E-state index contributed by atoms with van der Waals surface area (Å²) in [5.41, 5.74) is 0. The number of aryl methyl sites for hydroxylation is 1. The topological polar surface area (TPSA) is 72.5 Å². The van der Waals surface area contributed by atoms with Crippen molar-refractivity contribution in [2.24, 2.45) is 13.0 Å². The lowest BCUT2D eigenvalue weighted by Crippen LogP contribution is -2.48. The summed E-state index contributed by atoms with van der Waals surface area (Å²) in [5, 5.41) is 0.776. The molecule has 1 rings (SSSR count). The predicted octanol–water partition coefficient (Wildman–Crippen LogP) is 2.21. The van der Waals surface area contributed by atoms with Crippen LogP contribution in [-0.4, -0.2) is 49.7 Å². The highest BCUT2D eigenvalue weighted by Crippen LogP contribution is 2.18. The second kappa shape index (κ2) is 10.9. The van der Waals surface area contributed by atoms with E-state index in [1.165, 1.54) is 36.2 Å². The van der Waals surface area contributed by atoms with Gasteiger partial charge < -0.3 is 4.74 Å². The van der Waals surface area contributed by atoms with Gasteiger partial charge in [0.15, 0.2) is 6.20 Å². The van der Waals surface area contributed by atoms with Crippen molar-refractivity contribution < 1.29 is 21.9 Å². The molecule has 0 aliphatic heterocycles. The summed E-state index contributed by atoms with van der Waals surface area (Å²) in [7, 11) is 1.23. The quantitative estimate of drug-likeness (QED) is 0.302. The van der Waals surface area contributed by atoms with Crippen molar-refractivity contribution in [2.75, 3.05) is 26.5 Å². The number of nitrogens with zero attached hydrogens (tertiary/aromatic N) is 3. The van der Waals surface area contributed by atoms with Crippen LogP contribution in [0, 0.1) is 5.92 Å². The third kappa shape index (κ3) is 6.92. The molecule has 150 valence electrons. The number of hydrogen-bond donors (Lipinski definition) is 0. The summed E-state index contributed by atoms with van der Waals surface area (Å²) in [4.78, 5) is 11.9. The molecule has 0 bridgehead atoms. The molecule has 7 nitrogen and oxygen atoms in total. The zero-order valence-electron chi connectivity index (χ0n) is 16.5. The molecular weight excluding hydrogens is 374 g/mol.